The van der Waals surface area contributed by atoms with Crippen molar-refractivity contribution in [3.63, 3.8) is 0 Å². The fourth-order valence-corrected chi connectivity index (χ4v) is 2.36. The lowest BCUT2D eigenvalue weighted by Gasteiger charge is -2.26. The molecule has 1 saturated heterocycles. The maximum atomic E-state index is 6.46. The highest BCUT2D eigenvalue weighted by molar-refractivity contribution is 6.21. The first-order valence-electron chi connectivity index (χ1n) is 5.56. The third kappa shape index (κ3) is 2.73. The topological polar surface area (TPSA) is 9.23 Å². The molecule has 2 unspecified atom stereocenters. The van der Waals surface area contributed by atoms with E-state index >= 15 is 0 Å². The van der Waals surface area contributed by atoms with Gasteiger partial charge in [-0.2, -0.15) is 0 Å². The van der Waals surface area contributed by atoms with Crippen molar-refractivity contribution in [2.24, 2.45) is 5.92 Å². The van der Waals surface area contributed by atoms with Gasteiger partial charge in [-0.15, -0.1) is 11.6 Å². The van der Waals surface area contributed by atoms with Crippen LogP contribution in [0.1, 0.15) is 29.3 Å². The molecule has 0 saturated carbocycles. The molecule has 0 N–H and O–H groups in total. The largest absolute Gasteiger partial charge is 0.381 e. The fraction of sp³-hybridized carbons (Fsp3) is 0.538. The standard InChI is InChI=1S/C13H17ClO/c1-10-4-6-11(7-5-10)13(14)12-3-2-8-15-9-12/h4-7,12-13H,2-3,8-9H2,1H3. The van der Waals surface area contributed by atoms with Crippen molar-refractivity contribution in [2.45, 2.75) is 25.1 Å². The summed E-state index contributed by atoms with van der Waals surface area (Å²) in [4.78, 5) is 0. The number of benzene rings is 1. The summed E-state index contributed by atoms with van der Waals surface area (Å²) < 4.78 is 5.46. The van der Waals surface area contributed by atoms with Gasteiger partial charge in [0.25, 0.3) is 0 Å². The highest BCUT2D eigenvalue weighted by Crippen LogP contribution is 2.34. The molecule has 15 heavy (non-hydrogen) atoms. The Morgan fingerprint density at radius 1 is 1.33 bits per heavy atom. The minimum absolute atomic E-state index is 0.103. The third-order valence-corrected chi connectivity index (χ3v) is 3.61. The summed E-state index contributed by atoms with van der Waals surface area (Å²) in [5, 5.41) is 0.103. The number of rotatable bonds is 2. The molecule has 2 heteroatoms. The molecule has 1 aromatic rings. The van der Waals surface area contributed by atoms with E-state index in [2.05, 4.69) is 31.2 Å². The minimum Gasteiger partial charge on any atom is -0.381 e. The highest BCUT2D eigenvalue weighted by atomic mass is 35.5. The molecule has 1 aliphatic heterocycles. The van der Waals surface area contributed by atoms with Gasteiger partial charge < -0.3 is 4.74 Å². The molecule has 0 radical (unpaired) electrons. The summed E-state index contributed by atoms with van der Waals surface area (Å²) in [5.41, 5.74) is 2.50. The molecule has 1 nitrogen and oxygen atoms in total. The van der Waals surface area contributed by atoms with E-state index in [-0.39, 0.29) is 5.38 Å². The predicted molar refractivity (Wildman–Crippen MR) is 63.3 cm³/mol. The zero-order chi connectivity index (χ0) is 10.7. The molecule has 1 aromatic carbocycles. The second kappa shape index (κ2) is 5.00. The van der Waals surface area contributed by atoms with Gasteiger partial charge in [-0.25, -0.2) is 0 Å². The summed E-state index contributed by atoms with van der Waals surface area (Å²) in [6, 6.07) is 8.49. The van der Waals surface area contributed by atoms with E-state index in [1.807, 2.05) is 0 Å². The van der Waals surface area contributed by atoms with E-state index < -0.39 is 0 Å². The molecule has 2 rings (SSSR count). The quantitative estimate of drug-likeness (QED) is 0.696. The van der Waals surface area contributed by atoms with Crippen LogP contribution >= 0.6 is 11.6 Å². The highest BCUT2D eigenvalue weighted by Gasteiger charge is 2.23. The number of aryl methyl sites for hydroxylation is 1. The Labute approximate surface area is 96.4 Å². The van der Waals surface area contributed by atoms with Crippen LogP contribution in [0.4, 0.5) is 0 Å². The first kappa shape index (κ1) is 11.0. The first-order chi connectivity index (χ1) is 7.27. The van der Waals surface area contributed by atoms with Crippen LogP contribution in [0.25, 0.3) is 0 Å². The maximum Gasteiger partial charge on any atom is 0.0635 e. The fourth-order valence-electron chi connectivity index (χ4n) is 2.02. The van der Waals surface area contributed by atoms with E-state index in [4.69, 9.17) is 16.3 Å². The van der Waals surface area contributed by atoms with Gasteiger partial charge in [0.2, 0.25) is 0 Å². The monoisotopic (exact) mass is 224 g/mol. The Morgan fingerprint density at radius 3 is 2.67 bits per heavy atom. The van der Waals surface area contributed by atoms with Crippen LogP contribution in [0.5, 0.6) is 0 Å². The van der Waals surface area contributed by atoms with Gasteiger partial charge in [-0.1, -0.05) is 29.8 Å². The first-order valence-corrected chi connectivity index (χ1v) is 5.99. The molecule has 1 heterocycles. The second-order valence-corrected chi connectivity index (χ2v) is 4.76. The molecule has 0 aliphatic carbocycles. The lowest BCUT2D eigenvalue weighted by Crippen LogP contribution is -2.21. The summed E-state index contributed by atoms with van der Waals surface area (Å²) in [5.74, 6) is 0.475. The molecular weight excluding hydrogens is 208 g/mol. The molecule has 0 bridgehead atoms. The van der Waals surface area contributed by atoms with Crippen LogP contribution in [0.15, 0.2) is 24.3 Å². The predicted octanol–water partition coefficient (Wildman–Crippen LogP) is 3.70. The lowest BCUT2D eigenvalue weighted by atomic mass is 9.93. The van der Waals surface area contributed by atoms with E-state index in [9.17, 15) is 0 Å². The second-order valence-electron chi connectivity index (χ2n) is 4.29. The van der Waals surface area contributed by atoms with Crippen LogP contribution in [0.2, 0.25) is 0 Å². The van der Waals surface area contributed by atoms with Gasteiger partial charge >= 0.3 is 0 Å². The average molecular weight is 225 g/mol. The molecule has 2 atom stereocenters. The molecule has 82 valence electrons. The van der Waals surface area contributed by atoms with E-state index in [0.717, 1.165) is 19.6 Å². The zero-order valence-electron chi connectivity index (χ0n) is 9.08. The molecule has 0 aromatic heterocycles. The SMILES string of the molecule is Cc1ccc(C(Cl)C2CCCOC2)cc1. The number of ether oxygens (including phenoxy) is 1. The summed E-state index contributed by atoms with van der Waals surface area (Å²) in [6.07, 6.45) is 2.32. The number of alkyl halides is 1. The maximum absolute atomic E-state index is 6.46. The van der Waals surface area contributed by atoms with Crippen molar-refractivity contribution >= 4 is 11.6 Å². The average Bonchev–Trinajstić information content (AvgIpc) is 2.30. The van der Waals surface area contributed by atoms with Gasteiger partial charge in [-0.3, -0.25) is 0 Å². The number of halogens is 1. The van der Waals surface area contributed by atoms with Crippen LogP contribution in [0, 0.1) is 12.8 Å². The third-order valence-electron chi connectivity index (χ3n) is 3.01. The van der Waals surface area contributed by atoms with Crippen molar-refractivity contribution < 1.29 is 4.74 Å². The molecule has 0 amide bonds. The Hall–Kier alpha value is -0.530. The van der Waals surface area contributed by atoms with E-state index in [1.165, 1.54) is 17.5 Å². The summed E-state index contributed by atoms with van der Waals surface area (Å²) in [6.45, 7) is 3.80. The van der Waals surface area contributed by atoms with Crippen molar-refractivity contribution in [3.8, 4) is 0 Å². The minimum atomic E-state index is 0.103. The van der Waals surface area contributed by atoms with Crippen LogP contribution in [-0.2, 0) is 4.74 Å². The van der Waals surface area contributed by atoms with Gasteiger partial charge in [0.1, 0.15) is 0 Å². The van der Waals surface area contributed by atoms with Gasteiger partial charge in [0.05, 0.1) is 12.0 Å². The molecule has 0 spiro atoms. The van der Waals surface area contributed by atoms with Crippen molar-refractivity contribution in [3.05, 3.63) is 35.4 Å². The van der Waals surface area contributed by atoms with Crippen molar-refractivity contribution in [1.29, 1.82) is 0 Å². The van der Waals surface area contributed by atoms with Crippen LogP contribution in [0.3, 0.4) is 0 Å². The number of hydrogen-bond donors (Lipinski definition) is 0. The Bertz CT molecular complexity index is 301. The Balaban J connectivity index is 2.05. The molecule has 1 fully saturated rings. The van der Waals surface area contributed by atoms with Gasteiger partial charge in [0, 0.05) is 12.5 Å². The Morgan fingerprint density at radius 2 is 2.07 bits per heavy atom. The van der Waals surface area contributed by atoms with Gasteiger partial charge in [0.15, 0.2) is 0 Å². The van der Waals surface area contributed by atoms with E-state index in [1.54, 1.807) is 0 Å². The van der Waals surface area contributed by atoms with Crippen molar-refractivity contribution in [1.82, 2.24) is 0 Å². The Kier molecular flexibility index (Phi) is 3.66. The number of hydrogen-bond acceptors (Lipinski definition) is 1. The lowest BCUT2D eigenvalue weighted by molar-refractivity contribution is 0.0531. The van der Waals surface area contributed by atoms with E-state index in [0.29, 0.717) is 5.92 Å². The van der Waals surface area contributed by atoms with Gasteiger partial charge in [-0.05, 0) is 25.3 Å². The zero-order valence-corrected chi connectivity index (χ0v) is 9.83. The smallest absolute Gasteiger partial charge is 0.0635 e. The van der Waals surface area contributed by atoms with Crippen LogP contribution in [-0.4, -0.2) is 13.2 Å². The molecular formula is C13H17ClO. The summed E-state index contributed by atoms with van der Waals surface area (Å²) >= 11 is 6.46. The summed E-state index contributed by atoms with van der Waals surface area (Å²) in [7, 11) is 0. The van der Waals surface area contributed by atoms with Crippen LogP contribution < -0.4 is 0 Å². The normalized spacial score (nSPS) is 23.7. The molecule has 1 aliphatic rings. The van der Waals surface area contributed by atoms with Crippen molar-refractivity contribution in [2.75, 3.05) is 13.2 Å².